The van der Waals surface area contributed by atoms with Gasteiger partial charge in [-0.1, -0.05) is 36.4 Å². The molecule has 0 spiro atoms. The van der Waals surface area contributed by atoms with Crippen LogP contribution in [0.15, 0.2) is 77.7 Å². The quantitative estimate of drug-likeness (QED) is 0.627. The average Bonchev–Trinajstić information content (AvgIpc) is 2.77. The molecule has 3 aromatic carbocycles. The first-order valence-corrected chi connectivity index (χ1v) is 10.8. The number of nitrogens with one attached hydrogen (secondary N) is 1. The molecule has 0 heterocycles. The Morgan fingerprint density at radius 2 is 1.67 bits per heavy atom. The molecular weight excluding hydrogens is 400 g/mol. The van der Waals surface area contributed by atoms with Crippen molar-refractivity contribution in [1.29, 1.82) is 0 Å². The number of aryl methyl sites for hydroxylation is 1. The van der Waals surface area contributed by atoms with E-state index in [4.69, 9.17) is 4.74 Å². The molecule has 0 radical (unpaired) electrons. The molecule has 1 N–H and O–H groups in total. The molecule has 0 aliphatic carbocycles. The minimum absolute atomic E-state index is 0.213. The molecule has 0 saturated heterocycles. The summed E-state index contributed by atoms with van der Waals surface area (Å²) in [4.78, 5) is 12.8. The molecule has 0 unspecified atom stereocenters. The van der Waals surface area contributed by atoms with Crippen LogP contribution in [0.4, 0.5) is 5.69 Å². The molecule has 1 amide bonds. The van der Waals surface area contributed by atoms with Gasteiger partial charge in [-0.15, -0.1) is 0 Å². The van der Waals surface area contributed by atoms with Crippen LogP contribution in [0.3, 0.4) is 0 Å². The van der Waals surface area contributed by atoms with E-state index in [1.165, 1.54) is 11.4 Å². The minimum atomic E-state index is -3.68. The maximum Gasteiger partial charge on any atom is 0.264 e. The summed E-state index contributed by atoms with van der Waals surface area (Å²) < 4.78 is 32.2. The fraction of sp³-hybridized carbons (Fsp3) is 0.174. The SMILES string of the molecule is COc1ccccc1CNC(=O)c1ccc(N(C)S(=O)(=O)c2ccccc2)c(C)c1. The van der Waals surface area contributed by atoms with Crippen LogP contribution in [0, 0.1) is 6.92 Å². The zero-order valence-corrected chi connectivity index (χ0v) is 17.9. The Kier molecular flexibility index (Phi) is 6.42. The summed E-state index contributed by atoms with van der Waals surface area (Å²) in [5, 5.41) is 2.87. The number of ether oxygens (including phenoxy) is 1. The third-order valence-corrected chi connectivity index (χ3v) is 6.62. The van der Waals surface area contributed by atoms with Gasteiger partial charge in [0.1, 0.15) is 5.75 Å². The first-order chi connectivity index (χ1) is 14.3. The molecule has 0 aliphatic heterocycles. The molecule has 30 heavy (non-hydrogen) atoms. The molecule has 6 nitrogen and oxygen atoms in total. The predicted octanol–water partition coefficient (Wildman–Crippen LogP) is 3.76. The van der Waals surface area contributed by atoms with E-state index in [0.29, 0.717) is 29.1 Å². The highest BCUT2D eigenvalue weighted by molar-refractivity contribution is 7.92. The number of benzene rings is 3. The first kappa shape index (κ1) is 21.4. The van der Waals surface area contributed by atoms with Crippen LogP contribution < -0.4 is 14.4 Å². The second kappa shape index (κ2) is 9.00. The van der Waals surface area contributed by atoms with Crippen LogP contribution >= 0.6 is 0 Å². The fourth-order valence-electron chi connectivity index (χ4n) is 3.16. The predicted molar refractivity (Wildman–Crippen MR) is 117 cm³/mol. The highest BCUT2D eigenvalue weighted by atomic mass is 32.2. The topological polar surface area (TPSA) is 75.7 Å². The molecule has 0 atom stereocenters. The molecule has 0 fully saturated rings. The highest BCUT2D eigenvalue weighted by Gasteiger charge is 2.22. The molecule has 0 bridgehead atoms. The Balaban J connectivity index is 1.77. The third kappa shape index (κ3) is 4.46. The number of sulfonamides is 1. The molecule has 0 aromatic heterocycles. The second-order valence-corrected chi connectivity index (χ2v) is 8.75. The number of hydrogen-bond acceptors (Lipinski definition) is 4. The number of carbonyl (C=O) groups excluding carboxylic acids is 1. The average molecular weight is 425 g/mol. The van der Waals surface area contributed by atoms with E-state index in [1.807, 2.05) is 24.3 Å². The summed E-state index contributed by atoms with van der Waals surface area (Å²) in [6.45, 7) is 2.11. The lowest BCUT2D eigenvalue weighted by atomic mass is 10.1. The van der Waals surface area contributed by atoms with Gasteiger partial charge in [-0.2, -0.15) is 0 Å². The minimum Gasteiger partial charge on any atom is -0.496 e. The number of para-hydroxylation sites is 1. The van der Waals surface area contributed by atoms with Crippen molar-refractivity contribution < 1.29 is 17.9 Å². The maximum absolute atomic E-state index is 12.9. The van der Waals surface area contributed by atoms with E-state index in [1.54, 1.807) is 62.6 Å². The first-order valence-electron chi connectivity index (χ1n) is 9.39. The van der Waals surface area contributed by atoms with Crippen molar-refractivity contribution in [3.63, 3.8) is 0 Å². The van der Waals surface area contributed by atoms with E-state index >= 15 is 0 Å². The lowest BCUT2D eigenvalue weighted by Crippen LogP contribution is -2.27. The maximum atomic E-state index is 12.9. The van der Waals surface area contributed by atoms with Gasteiger partial charge in [-0.25, -0.2) is 8.42 Å². The van der Waals surface area contributed by atoms with E-state index in [9.17, 15) is 13.2 Å². The summed E-state index contributed by atoms with van der Waals surface area (Å²) >= 11 is 0. The Morgan fingerprint density at radius 1 is 1.00 bits per heavy atom. The van der Waals surface area contributed by atoms with E-state index in [-0.39, 0.29) is 10.8 Å². The molecular formula is C23H24N2O4S. The summed E-state index contributed by atoms with van der Waals surface area (Å²) in [5.74, 6) is 0.459. The number of anilines is 1. The second-order valence-electron chi connectivity index (χ2n) is 6.78. The number of methoxy groups -OCH3 is 1. The van der Waals surface area contributed by atoms with Crippen LogP contribution in [-0.2, 0) is 16.6 Å². The number of rotatable bonds is 7. The summed E-state index contributed by atoms with van der Waals surface area (Å²) in [6.07, 6.45) is 0. The van der Waals surface area contributed by atoms with Crippen LogP contribution in [0.25, 0.3) is 0 Å². The van der Waals surface area contributed by atoms with Gasteiger partial charge >= 0.3 is 0 Å². The van der Waals surface area contributed by atoms with Crippen molar-refractivity contribution in [3.8, 4) is 5.75 Å². The van der Waals surface area contributed by atoms with Crippen molar-refractivity contribution in [2.24, 2.45) is 0 Å². The van der Waals surface area contributed by atoms with Crippen molar-refractivity contribution in [3.05, 3.63) is 89.5 Å². The van der Waals surface area contributed by atoms with Gasteiger partial charge in [-0.05, 0) is 48.9 Å². The molecule has 156 valence electrons. The smallest absolute Gasteiger partial charge is 0.264 e. The Bertz CT molecular complexity index is 1140. The van der Waals surface area contributed by atoms with Crippen LogP contribution in [0.5, 0.6) is 5.75 Å². The summed E-state index contributed by atoms with van der Waals surface area (Å²) in [7, 11) is -0.591. The summed E-state index contributed by atoms with van der Waals surface area (Å²) in [6, 6.07) is 20.7. The number of nitrogens with zero attached hydrogens (tertiary/aromatic N) is 1. The zero-order chi connectivity index (χ0) is 21.7. The Labute approximate surface area is 177 Å². The van der Waals surface area contributed by atoms with Crippen LogP contribution in [0.1, 0.15) is 21.5 Å². The van der Waals surface area contributed by atoms with Gasteiger partial charge in [0, 0.05) is 24.7 Å². The fourth-order valence-corrected chi connectivity index (χ4v) is 4.44. The van der Waals surface area contributed by atoms with Gasteiger partial charge < -0.3 is 10.1 Å². The van der Waals surface area contributed by atoms with Gasteiger partial charge in [0.05, 0.1) is 17.7 Å². The van der Waals surface area contributed by atoms with Crippen molar-refractivity contribution in [1.82, 2.24) is 5.32 Å². The lowest BCUT2D eigenvalue weighted by molar-refractivity contribution is 0.0950. The molecule has 3 aromatic rings. The molecule has 3 rings (SSSR count). The van der Waals surface area contributed by atoms with Crippen molar-refractivity contribution in [2.45, 2.75) is 18.4 Å². The van der Waals surface area contributed by atoms with Gasteiger partial charge in [0.15, 0.2) is 0 Å². The normalized spacial score (nSPS) is 11.0. The van der Waals surface area contributed by atoms with Gasteiger partial charge in [0.2, 0.25) is 0 Å². The van der Waals surface area contributed by atoms with E-state index in [2.05, 4.69) is 5.32 Å². The zero-order valence-electron chi connectivity index (χ0n) is 17.1. The summed E-state index contributed by atoms with van der Waals surface area (Å²) in [5.41, 5.74) is 2.52. The van der Waals surface area contributed by atoms with Crippen molar-refractivity contribution in [2.75, 3.05) is 18.5 Å². The largest absolute Gasteiger partial charge is 0.496 e. The lowest BCUT2D eigenvalue weighted by Gasteiger charge is -2.22. The van der Waals surface area contributed by atoms with E-state index in [0.717, 1.165) is 5.56 Å². The van der Waals surface area contributed by atoms with Crippen molar-refractivity contribution >= 4 is 21.6 Å². The van der Waals surface area contributed by atoms with Gasteiger partial charge in [0.25, 0.3) is 15.9 Å². The Morgan fingerprint density at radius 3 is 2.33 bits per heavy atom. The van der Waals surface area contributed by atoms with Crippen LogP contribution in [0.2, 0.25) is 0 Å². The van der Waals surface area contributed by atoms with Gasteiger partial charge in [-0.3, -0.25) is 9.10 Å². The number of amides is 1. The monoisotopic (exact) mass is 424 g/mol. The molecule has 7 heteroatoms. The van der Waals surface area contributed by atoms with Crippen LogP contribution in [-0.4, -0.2) is 28.5 Å². The standard InChI is InChI=1S/C23H24N2O4S/c1-17-15-18(23(26)24-16-19-9-7-8-12-22(19)29-3)13-14-21(17)25(2)30(27,28)20-10-5-4-6-11-20/h4-15H,16H2,1-3H3,(H,24,26). The highest BCUT2D eigenvalue weighted by Crippen LogP contribution is 2.26. The number of carbonyl (C=O) groups is 1. The third-order valence-electron chi connectivity index (χ3n) is 4.83. The molecule has 0 saturated carbocycles. The Hall–Kier alpha value is -3.32. The molecule has 0 aliphatic rings. The number of hydrogen-bond donors (Lipinski definition) is 1. The van der Waals surface area contributed by atoms with E-state index < -0.39 is 10.0 Å².